The van der Waals surface area contributed by atoms with E-state index in [2.05, 4.69) is 4.90 Å². The molecular weight excluding hydrogens is 264 g/mol. The first kappa shape index (κ1) is 17.3. The number of nitrogens with zero attached hydrogens (tertiary/aromatic N) is 3. The van der Waals surface area contributed by atoms with Gasteiger partial charge in [0.2, 0.25) is 0 Å². The highest BCUT2D eigenvalue weighted by Gasteiger charge is 2.18. The molecular formula is C16H28N4O. The molecule has 0 radical (unpaired) electrons. The predicted octanol–water partition coefficient (Wildman–Crippen LogP) is 1.75. The fourth-order valence-electron chi connectivity index (χ4n) is 2.27. The Bertz CT molecular complexity index is 471. The fourth-order valence-corrected chi connectivity index (χ4v) is 2.27. The van der Waals surface area contributed by atoms with Crippen LogP contribution in [0.5, 0.6) is 0 Å². The van der Waals surface area contributed by atoms with Gasteiger partial charge < -0.3 is 20.4 Å². The summed E-state index contributed by atoms with van der Waals surface area (Å²) in [5.41, 5.74) is 8.05. The second-order valence-corrected chi connectivity index (χ2v) is 5.71. The molecule has 2 N–H and O–H groups in total. The Morgan fingerprint density at radius 1 is 1.14 bits per heavy atom. The Hall–Kier alpha value is -1.75. The summed E-state index contributed by atoms with van der Waals surface area (Å²) in [6, 6.07) is 5.50. The molecule has 0 atom stereocenters. The SMILES string of the molecule is CCN(CCCN(C)C)C(=O)c1cc(N)ccc1N(C)C. The molecule has 0 spiro atoms. The van der Waals surface area contributed by atoms with E-state index < -0.39 is 0 Å². The van der Waals surface area contributed by atoms with Crippen LogP contribution in [-0.2, 0) is 0 Å². The number of rotatable bonds is 7. The van der Waals surface area contributed by atoms with Crippen LogP contribution in [0, 0.1) is 0 Å². The first-order valence-corrected chi connectivity index (χ1v) is 7.37. The van der Waals surface area contributed by atoms with E-state index >= 15 is 0 Å². The van der Waals surface area contributed by atoms with Crippen molar-refractivity contribution in [2.75, 3.05) is 58.5 Å². The number of benzene rings is 1. The summed E-state index contributed by atoms with van der Waals surface area (Å²) in [4.78, 5) is 18.7. The third-order valence-electron chi connectivity index (χ3n) is 3.44. The van der Waals surface area contributed by atoms with E-state index in [4.69, 9.17) is 5.73 Å². The average Bonchev–Trinajstić information content (AvgIpc) is 2.42. The van der Waals surface area contributed by atoms with Crippen molar-refractivity contribution in [1.29, 1.82) is 0 Å². The Balaban J connectivity index is 2.91. The van der Waals surface area contributed by atoms with E-state index in [9.17, 15) is 4.79 Å². The molecule has 1 amide bonds. The lowest BCUT2D eigenvalue weighted by Crippen LogP contribution is -2.34. The van der Waals surface area contributed by atoms with Crippen molar-refractivity contribution in [3.05, 3.63) is 23.8 Å². The van der Waals surface area contributed by atoms with E-state index in [1.807, 2.05) is 57.0 Å². The van der Waals surface area contributed by atoms with Crippen molar-refractivity contribution in [3.63, 3.8) is 0 Å². The topological polar surface area (TPSA) is 52.8 Å². The summed E-state index contributed by atoms with van der Waals surface area (Å²) in [5, 5.41) is 0. The van der Waals surface area contributed by atoms with E-state index in [0.29, 0.717) is 17.8 Å². The molecule has 0 aliphatic rings. The van der Waals surface area contributed by atoms with Crippen LogP contribution < -0.4 is 10.6 Å². The number of nitrogen functional groups attached to an aromatic ring is 1. The van der Waals surface area contributed by atoms with Crippen LogP contribution in [0.3, 0.4) is 0 Å². The lowest BCUT2D eigenvalue weighted by Gasteiger charge is -2.25. The fraction of sp³-hybridized carbons (Fsp3) is 0.562. The van der Waals surface area contributed by atoms with Crippen molar-refractivity contribution in [2.45, 2.75) is 13.3 Å². The van der Waals surface area contributed by atoms with E-state index in [1.54, 1.807) is 6.07 Å². The average molecular weight is 292 g/mol. The molecule has 0 aliphatic heterocycles. The molecule has 1 aromatic carbocycles. The summed E-state index contributed by atoms with van der Waals surface area (Å²) in [7, 11) is 7.95. The van der Waals surface area contributed by atoms with Gasteiger partial charge in [-0.1, -0.05) is 0 Å². The van der Waals surface area contributed by atoms with Crippen molar-refractivity contribution in [1.82, 2.24) is 9.80 Å². The summed E-state index contributed by atoms with van der Waals surface area (Å²) < 4.78 is 0. The second-order valence-electron chi connectivity index (χ2n) is 5.71. The monoisotopic (exact) mass is 292 g/mol. The minimum absolute atomic E-state index is 0.0484. The first-order chi connectivity index (χ1) is 9.86. The zero-order chi connectivity index (χ0) is 16.0. The molecule has 5 nitrogen and oxygen atoms in total. The number of carbonyl (C=O) groups excluding carboxylic acids is 1. The predicted molar refractivity (Wildman–Crippen MR) is 89.9 cm³/mol. The van der Waals surface area contributed by atoms with Crippen molar-refractivity contribution in [2.24, 2.45) is 0 Å². The molecule has 0 saturated heterocycles. The van der Waals surface area contributed by atoms with Crippen LogP contribution >= 0.6 is 0 Å². The summed E-state index contributed by atoms with van der Waals surface area (Å²) in [5.74, 6) is 0.0484. The van der Waals surface area contributed by atoms with Gasteiger partial charge in [-0.05, 0) is 52.2 Å². The Morgan fingerprint density at radius 3 is 2.33 bits per heavy atom. The van der Waals surface area contributed by atoms with Crippen LogP contribution in [0.15, 0.2) is 18.2 Å². The van der Waals surface area contributed by atoms with Crippen molar-refractivity contribution in [3.8, 4) is 0 Å². The van der Waals surface area contributed by atoms with E-state index in [-0.39, 0.29) is 5.91 Å². The third kappa shape index (κ3) is 4.93. The van der Waals surface area contributed by atoms with Crippen LogP contribution in [0.4, 0.5) is 11.4 Å². The van der Waals surface area contributed by atoms with Gasteiger partial charge in [0.05, 0.1) is 5.56 Å². The van der Waals surface area contributed by atoms with Crippen LogP contribution in [0.2, 0.25) is 0 Å². The third-order valence-corrected chi connectivity index (χ3v) is 3.44. The molecule has 0 bridgehead atoms. The van der Waals surface area contributed by atoms with Crippen LogP contribution in [-0.4, -0.2) is 63.5 Å². The van der Waals surface area contributed by atoms with Gasteiger partial charge in [0.1, 0.15) is 0 Å². The standard InChI is InChI=1S/C16H28N4O/c1-6-20(11-7-10-18(2)3)16(21)14-12-13(17)8-9-15(14)19(4)5/h8-9,12H,6-7,10-11,17H2,1-5H3. The number of hydrogen-bond acceptors (Lipinski definition) is 4. The Morgan fingerprint density at radius 2 is 1.81 bits per heavy atom. The molecule has 0 aliphatic carbocycles. The minimum atomic E-state index is 0.0484. The lowest BCUT2D eigenvalue weighted by molar-refractivity contribution is 0.0760. The molecule has 1 rings (SSSR count). The molecule has 1 aromatic rings. The van der Waals surface area contributed by atoms with Gasteiger partial charge in [-0.3, -0.25) is 4.79 Å². The normalized spacial score (nSPS) is 10.8. The summed E-state index contributed by atoms with van der Waals surface area (Å²) in [6.45, 7) is 4.44. The largest absolute Gasteiger partial charge is 0.399 e. The number of anilines is 2. The quantitative estimate of drug-likeness (QED) is 0.778. The van der Waals surface area contributed by atoms with Gasteiger partial charge in [-0.2, -0.15) is 0 Å². The highest BCUT2D eigenvalue weighted by Crippen LogP contribution is 2.23. The van der Waals surface area contributed by atoms with Gasteiger partial charge in [0.15, 0.2) is 0 Å². The van der Waals surface area contributed by atoms with E-state index in [1.165, 1.54) is 0 Å². The van der Waals surface area contributed by atoms with Gasteiger partial charge in [-0.25, -0.2) is 0 Å². The Labute approximate surface area is 128 Å². The van der Waals surface area contributed by atoms with Gasteiger partial charge >= 0.3 is 0 Å². The molecule has 118 valence electrons. The van der Waals surface area contributed by atoms with Gasteiger partial charge in [-0.15, -0.1) is 0 Å². The van der Waals surface area contributed by atoms with Gasteiger partial charge in [0.25, 0.3) is 5.91 Å². The molecule has 5 heteroatoms. The molecule has 0 aromatic heterocycles. The molecule has 21 heavy (non-hydrogen) atoms. The molecule has 0 fully saturated rings. The number of carbonyl (C=O) groups is 1. The lowest BCUT2D eigenvalue weighted by atomic mass is 10.1. The van der Waals surface area contributed by atoms with Gasteiger partial charge in [0, 0.05) is 38.6 Å². The molecule has 0 unspecified atom stereocenters. The minimum Gasteiger partial charge on any atom is -0.399 e. The van der Waals surface area contributed by atoms with Crippen LogP contribution in [0.25, 0.3) is 0 Å². The highest BCUT2D eigenvalue weighted by molar-refractivity contribution is 6.00. The summed E-state index contributed by atoms with van der Waals surface area (Å²) >= 11 is 0. The van der Waals surface area contributed by atoms with Crippen LogP contribution in [0.1, 0.15) is 23.7 Å². The maximum atomic E-state index is 12.8. The molecule has 0 saturated carbocycles. The molecule has 0 heterocycles. The van der Waals surface area contributed by atoms with Crippen molar-refractivity contribution < 1.29 is 4.79 Å². The maximum absolute atomic E-state index is 12.8. The number of nitrogens with two attached hydrogens (primary N) is 1. The zero-order valence-electron chi connectivity index (χ0n) is 13.9. The van der Waals surface area contributed by atoms with Crippen molar-refractivity contribution >= 4 is 17.3 Å². The Kier molecular flexibility index (Phi) is 6.49. The zero-order valence-corrected chi connectivity index (χ0v) is 13.9. The number of hydrogen-bond donors (Lipinski definition) is 1. The van der Waals surface area contributed by atoms with E-state index in [0.717, 1.165) is 25.2 Å². The first-order valence-electron chi connectivity index (χ1n) is 7.37. The number of amides is 1. The second kappa shape index (κ2) is 7.88. The smallest absolute Gasteiger partial charge is 0.256 e. The maximum Gasteiger partial charge on any atom is 0.256 e. The summed E-state index contributed by atoms with van der Waals surface area (Å²) in [6.07, 6.45) is 0.964. The highest BCUT2D eigenvalue weighted by atomic mass is 16.2.